The first kappa shape index (κ1) is 10.4. The normalized spacial score (nSPS) is 10.2. The van der Waals surface area contributed by atoms with E-state index in [4.69, 9.17) is 9.94 Å². The summed E-state index contributed by atoms with van der Waals surface area (Å²) in [5.41, 5.74) is 2.55. The van der Waals surface area contributed by atoms with Crippen LogP contribution in [0.4, 0.5) is 4.39 Å². The van der Waals surface area contributed by atoms with E-state index in [1.54, 1.807) is 0 Å². The van der Waals surface area contributed by atoms with Crippen molar-refractivity contribution >= 4 is 15.9 Å². The lowest BCUT2D eigenvalue weighted by Crippen LogP contribution is -2.07. The summed E-state index contributed by atoms with van der Waals surface area (Å²) in [7, 11) is 1.45. The molecule has 2 N–H and O–H groups in total. The molecule has 0 aliphatic carbocycles. The minimum Gasteiger partial charge on any atom is -0.495 e. The van der Waals surface area contributed by atoms with Crippen molar-refractivity contribution in [2.45, 2.75) is 6.54 Å². The number of benzene rings is 1. The molecule has 1 aromatic rings. The van der Waals surface area contributed by atoms with Crippen LogP contribution in [0.3, 0.4) is 0 Å². The van der Waals surface area contributed by atoms with E-state index in [9.17, 15) is 4.39 Å². The Kier molecular flexibility index (Phi) is 3.65. The Bertz CT molecular complexity index is 306. The molecule has 3 nitrogen and oxygen atoms in total. The average Bonchev–Trinajstić information content (AvgIpc) is 2.11. The maximum absolute atomic E-state index is 12.9. The fraction of sp³-hybridized carbons (Fsp3) is 0.250. The van der Waals surface area contributed by atoms with Gasteiger partial charge in [0.2, 0.25) is 0 Å². The second-order valence-corrected chi connectivity index (χ2v) is 3.21. The summed E-state index contributed by atoms with van der Waals surface area (Å²) in [6.45, 7) is 0.161. The topological polar surface area (TPSA) is 41.5 Å². The molecular formula is C8H9BrFNO2. The summed E-state index contributed by atoms with van der Waals surface area (Å²) >= 11 is 3.23. The van der Waals surface area contributed by atoms with Crippen molar-refractivity contribution in [1.82, 2.24) is 5.48 Å². The van der Waals surface area contributed by atoms with Crippen molar-refractivity contribution in [3.8, 4) is 5.75 Å². The Hall–Kier alpha value is -0.650. The fourth-order valence-corrected chi connectivity index (χ4v) is 1.51. The smallest absolute Gasteiger partial charge is 0.136 e. The van der Waals surface area contributed by atoms with E-state index in [1.807, 2.05) is 5.48 Å². The van der Waals surface area contributed by atoms with Crippen LogP contribution in [-0.4, -0.2) is 12.3 Å². The van der Waals surface area contributed by atoms with E-state index in [2.05, 4.69) is 15.9 Å². The summed E-state index contributed by atoms with van der Waals surface area (Å²) in [5.74, 6) is 0.00977. The molecule has 0 saturated heterocycles. The van der Waals surface area contributed by atoms with Gasteiger partial charge in [0.1, 0.15) is 11.6 Å². The van der Waals surface area contributed by atoms with Crippen molar-refractivity contribution in [3.63, 3.8) is 0 Å². The van der Waals surface area contributed by atoms with Gasteiger partial charge < -0.3 is 9.94 Å². The highest BCUT2D eigenvalue weighted by molar-refractivity contribution is 9.10. The molecule has 72 valence electrons. The minimum absolute atomic E-state index is 0.161. The van der Waals surface area contributed by atoms with Crippen molar-refractivity contribution in [2.24, 2.45) is 0 Å². The van der Waals surface area contributed by atoms with Crippen LogP contribution in [0.1, 0.15) is 5.56 Å². The van der Waals surface area contributed by atoms with Gasteiger partial charge in [-0.2, -0.15) is 0 Å². The van der Waals surface area contributed by atoms with Crippen molar-refractivity contribution < 1.29 is 14.3 Å². The number of hydroxylamine groups is 1. The first-order valence-corrected chi connectivity index (χ1v) is 4.37. The second kappa shape index (κ2) is 4.55. The van der Waals surface area contributed by atoms with Gasteiger partial charge in [0.15, 0.2) is 0 Å². The lowest BCUT2D eigenvalue weighted by Gasteiger charge is -2.08. The molecule has 0 heterocycles. The third-order valence-electron chi connectivity index (χ3n) is 1.57. The quantitative estimate of drug-likeness (QED) is 0.807. The average molecular weight is 250 g/mol. The minimum atomic E-state index is -0.398. The SMILES string of the molecule is COc1cc(F)cc(CNO)c1Br. The van der Waals surface area contributed by atoms with Crippen LogP contribution in [0.15, 0.2) is 16.6 Å². The van der Waals surface area contributed by atoms with Crippen molar-refractivity contribution in [3.05, 3.63) is 28.0 Å². The Morgan fingerprint density at radius 2 is 2.31 bits per heavy atom. The molecule has 13 heavy (non-hydrogen) atoms. The molecule has 0 atom stereocenters. The highest BCUT2D eigenvalue weighted by atomic mass is 79.9. The molecule has 0 spiro atoms. The van der Waals surface area contributed by atoms with Crippen LogP contribution in [-0.2, 0) is 6.54 Å². The first-order valence-electron chi connectivity index (χ1n) is 3.58. The zero-order valence-corrected chi connectivity index (χ0v) is 8.56. The zero-order chi connectivity index (χ0) is 9.84. The number of ether oxygens (including phenoxy) is 1. The van der Waals surface area contributed by atoms with Crippen LogP contribution in [0.5, 0.6) is 5.75 Å². The Balaban J connectivity index is 3.11. The van der Waals surface area contributed by atoms with Gasteiger partial charge in [-0.25, -0.2) is 9.87 Å². The summed E-state index contributed by atoms with van der Waals surface area (Å²) < 4.78 is 18.5. The third-order valence-corrected chi connectivity index (χ3v) is 2.47. The van der Waals surface area contributed by atoms with Gasteiger partial charge in [-0.1, -0.05) is 0 Å². The molecule has 0 aliphatic heterocycles. The molecule has 0 radical (unpaired) electrons. The van der Waals surface area contributed by atoms with E-state index in [0.717, 1.165) is 0 Å². The van der Waals surface area contributed by atoms with E-state index >= 15 is 0 Å². The second-order valence-electron chi connectivity index (χ2n) is 2.42. The van der Waals surface area contributed by atoms with Gasteiger partial charge in [0.05, 0.1) is 11.6 Å². The van der Waals surface area contributed by atoms with Gasteiger partial charge >= 0.3 is 0 Å². The number of halogens is 2. The molecule has 0 aliphatic rings. The molecule has 1 aromatic carbocycles. The number of rotatable bonds is 3. The van der Waals surface area contributed by atoms with Gasteiger partial charge in [-0.05, 0) is 27.6 Å². The van der Waals surface area contributed by atoms with Gasteiger partial charge in [0.25, 0.3) is 0 Å². The predicted octanol–water partition coefficient (Wildman–Crippen LogP) is 2.08. The van der Waals surface area contributed by atoms with E-state index < -0.39 is 5.82 Å². The molecule has 5 heteroatoms. The Labute approximate surface area is 83.6 Å². The van der Waals surface area contributed by atoms with Gasteiger partial charge in [0, 0.05) is 12.6 Å². The molecule has 0 unspecified atom stereocenters. The van der Waals surface area contributed by atoms with E-state index in [0.29, 0.717) is 15.8 Å². The Morgan fingerprint density at radius 1 is 1.62 bits per heavy atom. The Morgan fingerprint density at radius 3 is 2.85 bits per heavy atom. The molecule has 0 amide bonds. The number of hydrogen-bond acceptors (Lipinski definition) is 3. The molecule has 0 aromatic heterocycles. The first-order chi connectivity index (χ1) is 6.19. The van der Waals surface area contributed by atoms with E-state index in [-0.39, 0.29) is 6.54 Å². The summed E-state index contributed by atoms with van der Waals surface area (Å²) in [6, 6.07) is 2.58. The zero-order valence-electron chi connectivity index (χ0n) is 6.97. The highest BCUT2D eigenvalue weighted by Gasteiger charge is 2.08. The van der Waals surface area contributed by atoms with Crippen molar-refractivity contribution in [1.29, 1.82) is 0 Å². The van der Waals surface area contributed by atoms with Gasteiger partial charge in [-0.3, -0.25) is 0 Å². The van der Waals surface area contributed by atoms with Gasteiger partial charge in [-0.15, -0.1) is 0 Å². The number of nitrogens with one attached hydrogen (secondary N) is 1. The lowest BCUT2D eigenvalue weighted by molar-refractivity contribution is 0.161. The molecule has 1 rings (SSSR count). The fourth-order valence-electron chi connectivity index (χ4n) is 0.981. The van der Waals surface area contributed by atoms with E-state index in [1.165, 1.54) is 19.2 Å². The largest absolute Gasteiger partial charge is 0.495 e. The number of methoxy groups -OCH3 is 1. The number of hydrogen-bond donors (Lipinski definition) is 2. The highest BCUT2D eigenvalue weighted by Crippen LogP contribution is 2.29. The molecular weight excluding hydrogens is 241 g/mol. The molecule has 0 fully saturated rings. The summed E-state index contributed by atoms with van der Waals surface area (Å²) in [5, 5.41) is 8.46. The maximum Gasteiger partial charge on any atom is 0.136 e. The monoisotopic (exact) mass is 249 g/mol. The van der Waals surface area contributed by atoms with Crippen LogP contribution in [0.2, 0.25) is 0 Å². The summed E-state index contributed by atoms with van der Waals surface area (Å²) in [4.78, 5) is 0. The predicted molar refractivity (Wildman–Crippen MR) is 49.3 cm³/mol. The van der Waals surface area contributed by atoms with Crippen molar-refractivity contribution in [2.75, 3.05) is 7.11 Å². The van der Waals surface area contributed by atoms with Crippen LogP contribution < -0.4 is 10.2 Å². The standard InChI is InChI=1S/C8H9BrFNO2/c1-13-7-3-6(10)2-5(4-11-12)8(7)9/h2-3,11-12H,4H2,1H3. The van der Waals surface area contributed by atoms with Crippen LogP contribution in [0.25, 0.3) is 0 Å². The third kappa shape index (κ3) is 2.40. The maximum atomic E-state index is 12.9. The summed E-state index contributed by atoms with van der Waals surface area (Å²) in [6.07, 6.45) is 0. The lowest BCUT2D eigenvalue weighted by atomic mass is 10.2. The van der Waals surface area contributed by atoms with Crippen LogP contribution in [0, 0.1) is 5.82 Å². The molecule has 0 bridgehead atoms. The van der Waals surface area contributed by atoms with Crippen LogP contribution >= 0.6 is 15.9 Å². The molecule has 0 saturated carbocycles.